The zero-order chi connectivity index (χ0) is 14.4. The van der Waals surface area contributed by atoms with Crippen molar-refractivity contribution in [1.82, 2.24) is 0 Å². The molecule has 0 radical (unpaired) electrons. The van der Waals surface area contributed by atoms with Crippen molar-refractivity contribution in [1.29, 1.82) is 0 Å². The maximum absolute atomic E-state index is 13.7. The molecule has 0 amide bonds. The van der Waals surface area contributed by atoms with Crippen LogP contribution in [-0.2, 0) is 6.61 Å². The van der Waals surface area contributed by atoms with Crippen molar-refractivity contribution < 1.29 is 19.0 Å². The van der Waals surface area contributed by atoms with Crippen molar-refractivity contribution in [3.63, 3.8) is 0 Å². The monoisotopic (exact) mass is 276 g/mol. The summed E-state index contributed by atoms with van der Waals surface area (Å²) in [6, 6.07) is 11.4. The minimum absolute atomic E-state index is 0.129. The third kappa shape index (κ3) is 3.71. The zero-order valence-corrected chi connectivity index (χ0v) is 11.3. The molecule has 1 N–H and O–H groups in total. The highest BCUT2D eigenvalue weighted by molar-refractivity contribution is 5.37. The summed E-state index contributed by atoms with van der Waals surface area (Å²) in [5.41, 5.74) is 0.512. The molecule has 0 fully saturated rings. The van der Waals surface area contributed by atoms with Gasteiger partial charge in [-0.1, -0.05) is 13.0 Å². The number of aliphatic hydroxyl groups excluding tert-OH is 1. The van der Waals surface area contributed by atoms with Crippen LogP contribution in [0.4, 0.5) is 4.39 Å². The van der Waals surface area contributed by atoms with Crippen LogP contribution in [0.25, 0.3) is 0 Å². The summed E-state index contributed by atoms with van der Waals surface area (Å²) in [6.07, 6.45) is 0.945. The van der Waals surface area contributed by atoms with Gasteiger partial charge >= 0.3 is 0 Å². The first kappa shape index (κ1) is 14.3. The lowest BCUT2D eigenvalue weighted by atomic mass is 10.2. The van der Waals surface area contributed by atoms with E-state index in [1.165, 1.54) is 12.1 Å². The second-order valence-corrected chi connectivity index (χ2v) is 4.34. The standard InChI is InChI=1S/C16H17FO3/c1-2-9-19-13-4-6-14(7-5-13)20-16-8-3-12(11-18)10-15(16)17/h3-8,10,18H,2,9,11H2,1H3. The van der Waals surface area contributed by atoms with Gasteiger partial charge in [-0.3, -0.25) is 0 Å². The Morgan fingerprint density at radius 2 is 1.75 bits per heavy atom. The van der Waals surface area contributed by atoms with Crippen molar-refractivity contribution in [2.24, 2.45) is 0 Å². The van der Waals surface area contributed by atoms with Gasteiger partial charge in [-0.2, -0.15) is 0 Å². The zero-order valence-electron chi connectivity index (χ0n) is 11.3. The fraction of sp³-hybridized carbons (Fsp3) is 0.250. The van der Waals surface area contributed by atoms with Crippen molar-refractivity contribution in [2.45, 2.75) is 20.0 Å². The van der Waals surface area contributed by atoms with E-state index in [9.17, 15) is 4.39 Å². The number of ether oxygens (including phenoxy) is 2. The van der Waals surface area contributed by atoms with Gasteiger partial charge in [0.2, 0.25) is 0 Å². The van der Waals surface area contributed by atoms with Gasteiger partial charge in [-0.05, 0) is 48.4 Å². The quantitative estimate of drug-likeness (QED) is 0.869. The highest BCUT2D eigenvalue weighted by Crippen LogP contribution is 2.26. The molecule has 0 atom stereocenters. The van der Waals surface area contributed by atoms with Gasteiger partial charge in [0.05, 0.1) is 13.2 Å². The predicted molar refractivity (Wildman–Crippen MR) is 74.6 cm³/mol. The molecule has 4 heteroatoms. The SMILES string of the molecule is CCCOc1ccc(Oc2ccc(CO)cc2F)cc1. The fourth-order valence-corrected chi connectivity index (χ4v) is 1.68. The lowest BCUT2D eigenvalue weighted by Gasteiger charge is -2.09. The van der Waals surface area contributed by atoms with Gasteiger partial charge in [0.25, 0.3) is 0 Å². The summed E-state index contributed by atoms with van der Waals surface area (Å²) in [5.74, 6) is 0.923. The Hall–Kier alpha value is -2.07. The molecule has 0 aliphatic carbocycles. The van der Waals surface area contributed by atoms with Crippen LogP contribution in [-0.4, -0.2) is 11.7 Å². The Morgan fingerprint density at radius 1 is 1.05 bits per heavy atom. The van der Waals surface area contributed by atoms with Gasteiger partial charge in [0.1, 0.15) is 11.5 Å². The molecule has 2 aromatic carbocycles. The van der Waals surface area contributed by atoms with Gasteiger partial charge < -0.3 is 14.6 Å². The van der Waals surface area contributed by atoms with Gasteiger partial charge in [-0.25, -0.2) is 4.39 Å². The largest absolute Gasteiger partial charge is 0.494 e. The molecule has 0 aromatic heterocycles. The van der Waals surface area contributed by atoms with E-state index in [1.807, 2.05) is 6.92 Å². The Kier molecular flexibility index (Phi) is 4.96. The summed E-state index contributed by atoms with van der Waals surface area (Å²) < 4.78 is 24.6. The molecule has 0 aliphatic rings. The molecule has 0 aliphatic heterocycles. The van der Waals surface area contributed by atoms with Crippen LogP contribution < -0.4 is 9.47 Å². The lowest BCUT2D eigenvalue weighted by Crippen LogP contribution is -1.95. The molecular formula is C16H17FO3. The number of benzene rings is 2. The minimum Gasteiger partial charge on any atom is -0.494 e. The molecule has 0 unspecified atom stereocenters. The Morgan fingerprint density at radius 3 is 2.35 bits per heavy atom. The molecule has 0 heterocycles. The average Bonchev–Trinajstić information content (AvgIpc) is 2.48. The highest BCUT2D eigenvalue weighted by atomic mass is 19.1. The van der Waals surface area contributed by atoms with Gasteiger partial charge in [0.15, 0.2) is 11.6 Å². The molecule has 2 aromatic rings. The first-order valence-electron chi connectivity index (χ1n) is 6.53. The van der Waals surface area contributed by atoms with Crippen molar-refractivity contribution >= 4 is 0 Å². The van der Waals surface area contributed by atoms with Crippen LogP contribution in [0.2, 0.25) is 0 Å². The first-order valence-corrected chi connectivity index (χ1v) is 6.53. The number of rotatable bonds is 6. The van der Waals surface area contributed by atoms with Crippen molar-refractivity contribution in [2.75, 3.05) is 6.61 Å². The van der Waals surface area contributed by atoms with E-state index < -0.39 is 5.82 Å². The maximum atomic E-state index is 13.7. The summed E-state index contributed by atoms with van der Waals surface area (Å²) >= 11 is 0. The van der Waals surface area contributed by atoms with Gasteiger partial charge in [0, 0.05) is 0 Å². The summed E-state index contributed by atoms with van der Waals surface area (Å²) in [4.78, 5) is 0. The third-order valence-electron chi connectivity index (χ3n) is 2.70. The number of aliphatic hydroxyl groups is 1. The minimum atomic E-state index is -0.497. The Bertz CT molecular complexity index is 552. The number of halogens is 1. The van der Waals surface area contributed by atoms with Crippen molar-refractivity contribution in [3.05, 3.63) is 53.8 Å². The summed E-state index contributed by atoms with van der Waals surface area (Å²) in [7, 11) is 0. The average molecular weight is 276 g/mol. The van der Waals surface area contributed by atoms with Crippen LogP contribution in [0.1, 0.15) is 18.9 Å². The normalized spacial score (nSPS) is 10.3. The Labute approximate surface area is 117 Å². The molecule has 0 saturated heterocycles. The number of hydrogen-bond acceptors (Lipinski definition) is 3. The highest BCUT2D eigenvalue weighted by Gasteiger charge is 2.06. The lowest BCUT2D eigenvalue weighted by molar-refractivity contribution is 0.281. The first-order chi connectivity index (χ1) is 9.72. The van der Waals surface area contributed by atoms with E-state index in [4.69, 9.17) is 14.6 Å². The molecular weight excluding hydrogens is 259 g/mol. The summed E-state index contributed by atoms with van der Waals surface area (Å²) in [5, 5.41) is 8.92. The van der Waals surface area contributed by atoms with Crippen LogP contribution in [0.5, 0.6) is 17.2 Å². The fourth-order valence-electron chi connectivity index (χ4n) is 1.68. The van der Waals surface area contributed by atoms with E-state index in [1.54, 1.807) is 30.3 Å². The van der Waals surface area contributed by atoms with Crippen LogP contribution >= 0.6 is 0 Å². The Balaban J connectivity index is 2.06. The molecule has 3 nitrogen and oxygen atoms in total. The molecule has 2 rings (SSSR count). The van der Waals surface area contributed by atoms with Crippen LogP contribution in [0.3, 0.4) is 0 Å². The van der Waals surface area contributed by atoms with Gasteiger partial charge in [-0.15, -0.1) is 0 Å². The van der Waals surface area contributed by atoms with Crippen LogP contribution in [0, 0.1) is 5.82 Å². The van der Waals surface area contributed by atoms with E-state index in [2.05, 4.69) is 0 Å². The summed E-state index contributed by atoms with van der Waals surface area (Å²) in [6.45, 7) is 2.51. The molecule has 106 valence electrons. The molecule has 0 spiro atoms. The molecule has 0 saturated carbocycles. The van der Waals surface area contributed by atoms with E-state index in [-0.39, 0.29) is 12.4 Å². The maximum Gasteiger partial charge on any atom is 0.166 e. The third-order valence-corrected chi connectivity index (χ3v) is 2.70. The van der Waals surface area contributed by atoms with E-state index in [0.29, 0.717) is 17.9 Å². The molecule has 20 heavy (non-hydrogen) atoms. The molecule has 0 bridgehead atoms. The van der Waals surface area contributed by atoms with Crippen LogP contribution in [0.15, 0.2) is 42.5 Å². The number of hydrogen-bond donors (Lipinski definition) is 1. The van der Waals surface area contributed by atoms with Crippen molar-refractivity contribution in [3.8, 4) is 17.2 Å². The predicted octanol–water partition coefficient (Wildman–Crippen LogP) is 3.90. The smallest absolute Gasteiger partial charge is 0.166 e. The van der Waals surface area contributed by atoms with E-state index in [0.717, 1.165) is 12.2 Å². The van der Waals surface area contributed by atoms with E-state index >= 15 is 0 Å². The second kappa shape index (κ2) is 6.91. The topological polar surface area (TPSA) is 38.7 Å². The second-order valence-electron chi connectivity index (χ2n) is 4.34.